The average molecular weight is 457 g/mol. The van der Waals surface area contributed by atoms with Crippen LogP contribution < -0.4 is 10.6 Å². The Kier molecular flexibility index (Phi) is 4.77. The molecule has 9 fully saturated rings. The highest BCUT2D eigenvalue weighted by Gasteiger charge is 2.56. The van der Waals surface area contributed by atoms with Crippen LogP contribution in [0.2, 0.25) is 0 Å². The third kappa shape index (κ3) is 3.38. The van der Waals surface area contributed by atoms with E-state index in [-0.39, 0.29) is 22.9 Å². The van der Waals surface area contributed by atoms with Gasteiger partial charge in [-0.1, -0.05) is 0 Å². The van der Waals surface area contributed by atoms with E-state index in [2.05, 4.69) is 10.6 Å². The first-order chi connectivity index (χ1) is 15.5. The Labute approximate surface area is 197 Å². The van der Waals surface area contributed by atoms with E-state index in [1.165, 1.54) is 38.5 Å². The fourth-order valence-corrected chi connectivity index (χ4v) is 11.6. The minimum Gasteiger partial charge on any atom is -0.352 e. The van der Waals surface area contributed by atoms with Gasteiger partial charge in [0.1, 0.15) is 0 Å². The summed E-state index contributed by atoms with van der Waals surface area (Å²) in [6.45, 7) is 0. The van der Waals surface area contributed by atoms with Crippen LogP contribution in [0.3, 0.4) is 0 Å². The van der Waals surface area contributed by atoms with E-state index < -0.39 is 0 Å². The predicted molar refractivity (Wildman–Crippen MR) is 127 cm³/mol. The number of carbonyl (C=O) groups excluding carboxylic acids is 2. The molecule has 0 aromatic rings. The predicted octanol–water partition coefficient (Wildman–Crippen LogP) is 4.53. The van der Waals surface area contributed by atoms with Gasteiger partial charge in [0.25, 0.3) is 0 Å². The van der Waals surface area contributed by atoms with Crippen LogP contribution in [0.25, 0.3) is 0 Å². The fourth-order valence-electron chi connectivity index (χ4n) is 10.5. The zero-order valence-electron chi connectivity index (χ0n) is 19.5. The standard InChI is InChI=1S/C27H40N2O2S/c30-24(26-8-16-1-17(9-26)3-18(2-16)10-26)28-22-7-23(15-32-14-22)29-25(31)27-11-19-4-20(12-27)6-21(5-19)13-27/h16-23H,1-15H2,(H,28,30)(H,29,31). The molecule has 4 nitrogen and oxygen atoms in total. The third-order valence-corrected chi connectivity index (χ3v) is 12.2. The summed E-state index contributed by atoms with van der Waals surface area (Å²) in [5.41, 5.74) is -0.121. The number of thioether (sulfide) groups is 1. The Hall–Kier alpha value is -0.710. The van der Waals surface area contributed by atoms with Crippen molar-refractivity contribution in [3.63, 3.8) is 0 Å². The van der Waals surface area contributed by atoms with Gasteiger partial charge >= 0.3 is 0 Å². The summed E-state index contributed by atoms with van der Waals surface area (Å²) < 4.78 is 0. The van der Waals surface area contributed by atoms with E-state index in [4.69, 9.17) is 0 Å². The van der Waals surface area contributed by atoms with Crippen molar-refractivity contribution in [1.82, 2.24) is 10.6 Å². The van der Waals surface area contributed by atoms with Crippen molar-refractivity contribution in [3.05, 3.63) is 0 Å². The van der Waals surface area contributed by atoms with Gasteiger partial charge in [-0.25, -0.2) is 0 Å². The molecule has 2 amide bonds. The smallest absolute Gasteiger partial charge is 0.226 e. The van der Waals surface area contributed by atoms with Crippen LogP contribution in [0.5, 0.6) is 0 Å². The molecule has 0 radical (unpaired) electrons. The molecule has 1 heterocycles. The molecule has 1 aliphatic heterocycles. The SMILES string of the molecule is O=C(NC1CSCC(NC(=O)C23CC4CC(CC(C4)C2)C3)C1)C12CC3CC(CC(C3)C1)C2. The van der Waals surface area contributed by atoms with Gasteiger partial charge in [0, 0.05) is 34.4 Å². The molecule has 2 N–H and O–H groups in total. The zero-order chi connectivity index (χ0) is 21.5. The van der Waals surface area contributed by atoms with Crippen LogP contribution in [0, 0.1) is 46.3 Å². The van der Waals surface area contributed by atoms with Gasteiger partial charge < -0.3 is 10.6 Å². The van der Waals surface area contributed by atoms with Crippen molar-refractivity contribution in [3.8, 4) is 0 Å². The normalized spacial score (nSPS) is 52.8. The molecule has 9 rings (SSSR count). The molecule has 1 saturated heterocycles. The van der Waals surface area contributed by atoms with Crippen LogP contribution in [0.4, 0.5) is 0 Å². The molecule has 2 unspecified atom stereocenters. The largest absolute Gasteiger partial charge is 0.352 e. The minimum absolute atomic E-state index is 0.0607. The van der Waals surface area contributed by atoms with E-state index in [1.807, 2.05) is 11.8 Å². The highest BCUT2D eigenvalue weighted by molar-refractivity contribution is 7.99. The van der Waals surface area contributed by atoms with Crippen LogP contribution in [0.15, 0.2) is 0 Å². The lowest BCUT2D eigenvalue weighted by Crippen LogP contribution is -2.58. The third-order valence-electron chi connectivity index (χ3n) is 10.9. The van der Waals surface area contributed by atoms with Crippen molar-refractivity contribution in [2.75, 3.05) is 11.5 Å². The minimum atomic E-state index is -0.0607. The van der Waals surface area contributed by atoms with E-state index in [1.54, 1.807) is 0 Å². The van der Waals surface area contributed by atoms with Crippen molar-refractivity contribution in [2.45, 2.75) is 95.6 Å². The van der Waals surface area contributed by atoms with E-state index >= 15 is 0 Å². The Balaban J connectivity index is 0.985. The summed E-state index contributed by atoms with van der Waals surface area (Å²) in [6.07, 6.45) is 16.0. The van der Waals surface area contributed by atoms with E-state index in [9.17, 15) is 9.59 Å². The Morgan fingerprint density at radius 3 is 1.16 bits per heavy atom. The summed E-state index contributed by atoms with van der Waals surface area (Å²) in [4.78, 5) is 27.0. The Bertz CT molecular complexity index is 675. The van der Waals surface area contributed by atoms with E-state index in [0.717, 1.165) is 92.0 Å². The number of rotatable bonds is 4. The summed E-state index contributed by atoms with van der Waals surface area (Å²) in [7, 11) is 0. The Morgan fingerprint density at radius 1 is 0.531 bits per heavy atom. The lowest BCUT2D eigenvalue weighted by atomic mass is 9.49. The van der Waals surface area contributed by atoms with Crippen LogP contribution in [0.1, 0.15) is 83.5 Å². The summed E-state index contributed by atoms with van der Waals surface area (Å²) in [5.74, 6) is 7.55. The molecule has 32 heavy (non-hydrogen) atoms. The number of amides is 2. The van der Waals surface area contributed by atoms with Crippen LogP contribution >= 0.6 is 11.8 Å². The molecule has 9 aliphatic rings. The molecule has 8 bridgehead atoms. The maximum absolute atomic E-state index is 13.5. The second kappa shape index (κ2) is 7.39. The summed E-state index contributed by atoms with van der Waals surface area (Å²) in [5, 5.41) is 7.01. The van der Waals surface area contributed by atoms with Gasteiger partial charge in [-0.2, -0.15) is 11.8 Å². The molecule has 0 spiro atoms. The zero-order valence-corrected chi connectivity index (χ0v) is 20.3. The summed E-state index contributed by atoms with van der Waals surface area (Å²) >= 11 is 1.92. The van der Waals surface area contributed by atoms with Gasteiger partial charge in [-0.3, -0.25) is 9.59 Å². The highest BCUT2D eigenvalue weighted by atomic mass is 32.2. The number of carbonyl (C=O) groups is 2. The molecule has 176 valence electrons. The van der Waals surface area contributed by atoms with Gasteiger partial charge in [0.15, 0.2) is 0 Å². The van der Waals surface area contributed by atoms with E-state index in [0.29, 0.717) is 11.8 Å². The molecular formula is C27H40N2O2S. The Morgan fingerprint density at radius 2 is 0.844 bits per heavy atom. The van der Waals surface area contributed by atoms with Crippen molar-refractivity contribution < 1.29 is 9.59 Å². The molecule has 5 heteroatoms. The average Bonchev–Trinajstić information content (AvgIpc) is 2.72. The molecular weight excluding hydrogens is 416 g/mol. The number of nitrogens with one attached hydrogen (secondary N) is 2. The first kappa shape index (κ1) is 20.6. The lowest BCUT2D eigenvalue weighted by molar-refractivity contribution is -0.147. The fraction of sp³-hybridized carbons (Fsp3) is 0.926. The van der Waals surface area contributed by atoms with Gasteiger partial charge in [-0.05, 0) is 119 Å². The first-order valence-electron chi connectivity index (χ1n) is 13.7. The van der Waals surface area contributed by atoms with Crippen molar-refractivity contribution >= 4 is 23.6 Å². The monoisotopic (exact) mass is 456 g/mol. The van der Waals surface area contributed by atoms with Crippen LogP contribution in [-0.4, -0.2) is 35.4 Å². The maximum atomic E-state index is 13.5. The maximum Gasteiger partial charge on any atom is 0.226 e. The number of hydrogen-bond acceptors (Lipinski definition) is 3. The van der Waals surface area contributed by atoms with Crippen molar-refractivity contribution in [1.29, 1.82) is 0 Å². The highest BCUT2D eigenvalue weighted by Crippen LogP contribution is 2.61. The second-order valence-corrected chi connectivity index (χ2v) is 14.6. The number of hydrogen-bond donors (Lipinski definition) is 2. The molecule has 8 aliphatic carbocycles. The first-order valence-corrected chi connectivity index (χ1v) is 14.8. The van der Waals surface area contributed by atoms with Gasteiger partial charge in [0.05, 0.1) is 0 Å². The van der Waals surface area contributed by atoms with Crippen LogP contribution in [-0.2, 0) is 9.59 Å². The lowest BCUT2D eigenvalue weighted by Gasteiger charge is -2.56. The van der Waals surface area contributed by atoms with Crippen molar-refractivity contribution in [2.24, 2.45) is 46.3 Å². The molecule has 0 aromatic carbocycles. The molecule has 8 saturated carbocycles. The quantitative estimate of drug-likeness (QED) is 0.654. The van der Waals surface area contributed by atoms with Gasteiger partial charge in [-0.15, -0.1) is 0 Å². The molecule has 2 atom stereocenters. The topological polar surface area (TPSA) is 58.2 Å². The van der Waals surface area contributed by atoms with Gasteiger partial charge in [0.2, 0.25) is 11.8 Å². The molecule has 0 aromatic heterocycles. The second-order valence-electron chi connectivity index (χ2n) is 13.5. The summed E-state index contributed by atoms with van der Waals surface area (Å²) in [6, 6.07) is 0.437.